The van der Waals surface area contributed by atoms with Crippen molar-refractivity contribution in [3.05, 3.63) is 96.2 Å². The smallest absolute Gasteiger partial charge is 0.235 e. The van der Waals surface area contributed by atoms with E-state index in [1.807, 2.05) is 60.8 Å². The molecule has 0 aliphatic rings. The molecule has 1 amide bonds. The van der Waals surface area contributed by atoms with Crippen LogP contribution in [0.15, 0.2) is 85.1 Å². The number of carbonyl (C=O) groups is 1. The van der Waals surface area contributed by atoms with Crippen molar-refractivity contribution in [1.29, 1.82) is 0 Å². The summed E-state index contributed by atoms with van der Waals surface area (Å²) in [6.07, 6.45) is 2.16. The average molecular weight is 342 g/mol. The van der Waals surface area contributed by atoms with Crippen LogP contribution in [-0.2, 0) is 4.79 Å². The van der Waals surface area contributed by atoms with Gasteiger partial charge >= 0.3 is 0 Å². The molecule has 0 fully saturated rings. The Labute approximate surface area is 151 Å². The lowest BCUT2D eigenvalue weighted by molar-refractivity contribution is -0.116. The molecule has 0 atom stereocenters. The predicted molar refractivity (Wildman–Crippen MR) is 101 cm³/mol. The summed E-state index contributed by atoms with van der Waals surface area (Å²) in [6, 6.07) is 25.8. The first-order valence-electron chi connectivity index (χ1n) is 8.51. The number of benzene rings is 2. The maximum atomic E-state index is 12.7. The minimum Gasteiger partial charge on any atom is -0.294 e. The van der Waals surface area contributed by atoms with E-state index in [1.54, 1.807) is 4.40 Å². The molecule has 4 aromatic rings. The minimum absolute atomic E-state index is 0.0171. The van der Waals surface area contributed by atoms with Gasteiger partial charge in [0.05, 0.1) is 0 Å². The number of nitrogens with zero attached hydrogens (tertiary/aromatic N) is 3. The fraction of sp³-hybridized carbons (Fsp3) is 0.0952. The van der Waals surface area contributed by atoms with Crippen LogP contribution < -0.4 is 5.32 Å². The van der Waals surface area contributed by atoms with Crippen molar-refractivity contribution in [3.8, 4) is 0 Å². The van der Waals surface area contributed by atoms with E-state index in [1.165, 1.54) is 0 Å². The highest BCUT2D eigenvalue weighted by molar-refractivity contribution is 5.90. The minimum atomic E-state index is -0.0964. The second kappa shape index (κ2) is 7.19. The molecule has 1 N–H and O–H groups in total. The normalized spacial score (nSPS) is 11.0. The number of aromatic nitrogens is 3. The Bertz CT molecular complexity index is 972. The summed E-state index contributed by atoms with van der Waals surface area (Å²) < 4.78 is 1.76. The van der Waals surface area contributed by atoms with Crippen molar-refractivity contribution >= 4 is 17.5 Å². The second-order valence-corrected chi connectivity index (χ2v) is 6.08. The molecule has 2 aromatic heterocycles. The Hall–Kier alpha value is -3.47. The number of nitrogens with one attached hydrogen (secondary N) is 1. The first kappa shape index (κ1) is 16.0. The topological polar surface area (TPSA) is 59.3 Å². The number of anilines is 1. The summed E-state index contributed by atoms with van der Waals surface area (Å²) in [5.74, 6) is 0.322. The van der Waals surface area contributed by atoms with E-state index in [-0.39, 0.29) is 11.8 Å². The zero-order valence-corrected chi connectivity index (χ0v) is 14.1. The van der Waals surface area contributed by atoms with Crippen LogP contribution in [0.2, 0.25) is 0 Å². The van der Waals surface area contributed by atoms with Crippen LogP contribution in [0.1, 0.15) is 23.5 Å². The number of hydrogen-bond donors (Lipinski definition) is 1. The summed E-state index contributed by atoms with van der Waals surface area (Å²) in [5.41, 5.74) is 2.92. The number of pyridine rings is 1. The van der Waals surface area contributed by atoms with Crippen molar-refractivity contribution in [2.75, 3.05) is 5.32 Å². The van der Waals surface area contributed by atoms with Gasteiger partial charge in [-0.2, -0.15) is 0 Å². The van der Waals surface area contributed by atoms with Crippen molar-refractivity contribution in [3.63, 3.8) is 0 Å². The first-order chi connectivity index (χ1) is 12.8. The summed E-state index contributed by atoms with van der Waals surface area (Å²) >= 11 is 0. The van der Waals surface area contributed by atoms with Crippen LogP contribution in [0, 0.1) is 0 Å². The summed E-state index contributed by atoms with van der Waals surface area (Å²) in [6.45, 7) is 0. The lowest BCUT2D eigenvalue weighted by Gasteiger charge is -2.17. The van der Waals surface area contributed by atoms with Crippen LogP contribution in [0.25, 0.3) is 5.65 Å². The molecule has 0 aliphatic carbocycles. The molecule has 2 heterocycles. The highest BCUT2D eigenvalue weighted by Gasteiger charge is 2.19. The quantitative estimate of drug-likeness (QED) is 0.598. The van der Waals surface area contributed by atoms with Crippen LogP contribution in [0.3, 0.4) is 0 Å². The van der Waals surface area contributed by atoms with E-state index in [0.717, 1.165) is 11.1 Å². The fourth-order valence-corrected chi connectivity index (χ4v) is 3.09. The van der Waals surface area contributed by atoms with E-state index >= 15 is 0 Å². The molecule has 5 nitrogen and oxygen atoms in total. The van der Waals surface area contributed by atoms with Gasteiger partial charge in [0.25, 0.3) is 0 Å². The maximum Gasteiger partial charge on any atom is 0.235 e. The van der Waals surface area contributed by atoms with Crippen molar-refractivity contribution in [1.82, 2.24) is 14.6 Å². The third-order valence-corrected chi connectivity index (χ3v) is 4.36. The Morgan fingerprint density at radius 3 is 2.12 bits per heavy atom. The number of amides is 1. The SMILES string of the molecule is O=C(CC(c1ccccc1)c1ccccc1)Nc1nnc2ccccn12. The van der Waals surface area contributed by atoms with Gasteiger partial charge in [-0.1, -0.05) is 66.7 Å². The predicted octanol–water partition coefficient (Wildman–Crippen LogP) is 3.89. The lowest BCUT2D eigenvalue weighted by Crippen LogP contribution is -2.18. The Balaban J connectivity index is 1.58. The van der Waals surface area contributed by atoms with Gasteiger partial charge in [0.1, 0.15) is 0 Å². The molecule has 0 spiro atoms. The molecule has 128 valence electrons. The van der Waals surface area contributed by atoms with E-state index in [9.17, 15) is 4.79 Å². The molecule has 2 aromatic carbocycles. The van der Waals surface area contributed by atoms with E-state index in [2.05, 4.69) is 39.8 Å². The van der Waals surface area contributed by atoms with Crippen molar-refractivity contribution in [2.24, 2.45) is 0 Å². The molecule has 0 aliphatic heterocycles. The molecule has 0 saturated carbocycles. The molecular formula is C21H18N4O. The van der Waals surface area contributed by atoms with E-state index in [0.29, 0.717) is 18.0 Å². The van der Waals surface area contributed by atoms with Gasteiger partial charge in [0, 0.05) is 18.5 Å². The largest absolute Gasteiger partial charge is 0.294 e. The molecule has 0 unspecified atom stereocenters. The van der Waals surface area contributed by atoms with Gasteiger partial charge in [-0.3, -0.25) is 14.5 Å². The monoisotopic (exact) mass is 342 g/mol. The van der Waals surface area contributed by atoms with Crippen molar-refractivity contribution in [2.45, 2.75) is 12.3 Å². The molecule has 26 heavy (non-hydrogen) atoms. The number of fused-ring (bicyclic) bond motifs is 1. The van der Waals surface area contributed by atoms with Crippen LogP contribution in [-0.4, -0.2) is 20.5 Å². The van der Waals surface area contributed by atoms with Crippen LogP contribution >= 0.6 is 0 Å². The van der Waals surface area contributed by atoms with Crippen LogP contribution in [0.4, 0.5) is 5.95 Å². The fourth-order valence-electron chi connectivity index (χ4n) is 3.09. The third-order valence-electron chi connectivity index (χ3n) is 4.36. The highest BCUT2D eigenvalue weighted by atomic mass is 16.1. The van der Waals surface area contributed by atoms with Crippen molar-refractivity contribution < 1.29 is 4.79 Å². The standard InChI is InChI=1S/C21H18N4O/c26-20(22-21-24-23-19-13-7-8-14-25(19)21)15-18(16-9-3-1-4-10-16)17-11-5-2-6-12-17/h1-14,18H,15H2,(H,22,24,26). The Morgan fingerprint density at radius 1 is 0.846 bits per heavy atom. The molecule has 0 radical (unpaired) electrons. The zero-order valence-electron chi connectivity index (χ0n) is 14.1. The summed E-state index contributed by atoms with van der Waals surface area (Å²) in [7, 11) is 0. The first-order valence-corrected chi connectivity index (χ1v) is 8.51. The molecule has 0 bridgehead atoms. The summed E-state index contributed by atoms with van der Waals surface area (Å²) in [5, 5.41) is 11.0. The van der Waals surface area contributed by atoms with Gasteiger partial charge in [-0.05, 0) is 23.3 Å². The van der Waals surface area contributed by atoms with Gasteiger partial charge in [0.2, 0.25) is 11.9 Å². The van der Waals surface area contributed by atoms with Gasteiger partial charge in [0.15, 0.2) is 5.65 Å². The summed E-state index contributed by atoms with van der Waals surface area (Å²) in [4.78, 5) is 12.7. The van der Waals surface area contributed by atoms with E-state index < -0.39 is 0 Å². The van der Waals surface area contributed by atoms with E-state index in [4.69, 9.17) is 0 Å². The second-order valence-electron chi connectivity index (χ2n) is 6.08. The maximum absolute atomic E-state index is 12.7. The molecule has 0 saturated heterocycles. The molecule has 4 rings (SSSR count). The molecular weight excluding hydrogens is 324 g/mol. The molecule has 5 heteroatoms. The van der Waals surface area contributed by atoms with Gasteiger partial charge in [-0.15, -0.1) is 10.2 Å². The van der Waals surface area contributed by atoms with Gasteiger partial charge in [-0.25, -0.2) is 0 Å². The zero-order chi connectivity index (χ0) is 17.8. The average Bonchev–Trinajstić information content (AvgIpc) is 3.10. The third kappa shape index (κ3) is 3.32. The highest BCUT2D eigenvalue weighted by Crippen LogP contribution is 2.28. The number of hydrogen-bond acceptors (Lipinski definition) is 3. The van der Waals surface area contributed by atoms with Crippen LogP contribution in [0.5, 0.6) is 0 Å². The number of carbonyl (C=O) groups excluding carboxylic acids is 1. The lowest BCUT2D eigenvalue weighted by atomic mass is 9.88. The Morgan fingerprint density at radius 2 is 1.46 bits per heavy atom. The number of rotatable bonds is 5. The van der Waals surface area contributed by atoms with Gasteiger partial charge < -0.3 is 0 Å². The Kier molecular flexibility index (Phi) is 4.43.